The van der Waals surface area contributed by atoms with Crippen LogP contribution in [-0.4, -0.2) is 51.7 Å². The van der Waals surface area contributed by atoms with Crippen molar-refractivity contribution in [2.45, 2.75) is 25.3 Å². The zero-order valence-electron chi connectivity index (χ0n) is 13.1. The summed E-state index contributed by atoms with van der Waals surface area (Å²) in [5.74, 6) is 3.10. The summed E-state index contributed by atoms with van der Waals surface area (Å²) in [5, 5.41) is 1.18. The Balaban J connectivity index is 1.31. The van der Waals surface area contributed by atoms with Gasteiger partial charge in [-0.1, -0.05) is 6.42 Å². The molecule has 3 fully saturated rings. The lowest BCUT2D eigenvalue weighted by atomic mass is 10.0. The first-order valence-corrected chi connectivity index (χ1v) is 8.54. The molecule has 5 nitrogen and oxygen atoms in total. The Bertz CT molecular complexity index is 690. The molecule has 2 atom stereocenters. The highest BCUT2D eigenvalue weighted by Gasteiger charge is 2.42. The molecule has 2 aliphatic heterocycles. The number of likely N-dealkylation sites (tertiary alicyclic amines) is 1. The Labute approximate surface area is 130 Å². The Kier molecular flexibility index (Phi) is 2.74. The maximum absolute atomic E-state index is 4.54. The molecule has 116 valence electrons. The van der Waals surface area contributed by atoms with Crippen LogP contribution in [0.1, 0.15) is 19.3 Å². The first kappa shape index (κ1) is 12.9. The largest absolute Gasteiger partial charge is 0.353 e. The molecule has 5 heteroatoms. The third-order valence-corrected chi connectivity index (χ3v) is 6.07. The second-order valence-electron chi connectivity index (χ2n) is 7.32. The molecule has 0 aromatic carbocycles. The van der Waals surface area contributed by atoms with Crippen LogP contribution in [0.2, 0.25) is 0 Å². The average Bonchev–Trinajstić information content (AvgIpc) is 3.13. The van der Waals surface area contributed by atoms with Crippen molar-refractivity contribution in [3.05, 3.63) is 18.6 Å². The van der Waals surface area contributed by atoms with E-state index in [2.05, 4.69) is 36.6 Å². The molecule has 0 amide bonds. The molecule has 0 N–H and O–H groups in total. The van der Waals surface area contributed by atoms with Crippen LogP contribution in [0.5, 0.6) is 0 Å². The van der Waals surface area contributed by atoms with Gasteiger partial charge in [-0.25, -0.2) is 9.97 Å². The third-order valence-electron chi connectivity index (χ3n) is 6.07. The van der Waals surface area contributed by atoms with Crippen molar-refractivity contribution in [1.82, 2.24) is 19.4 Å². The van der Waals surface area contributed by atoms with E-state index >= 15 is 0 Å². The number of nitrogens with zero attached hydrogens (tertiary/aromatic N) is 5. The van der Waals surface area contributed by atoms with Crippen molar-refractivity contribution in [1.29, 1.82) is 0 Å². The maximum Gasteiger partial charge on any atom is 0.145 e. The number of rotatable bonds is 2. The second kappa shape index (κ2) is 4.69. The van der Waals surface area contributed by atoms with Crippen molar-refractivity contribution < 1.29 is 0 Å². The van der Waals surface area contributed by atoms with E-state index in [1.54, 1.807) is 6.33 Å². The summed E-state index contributed by atoms with van der Waals surface area (Å²) in [7, 11) is 2.04. The fraction of sp³-hybridized carbons (Fsp3) is 0.647. The van der Waals surface area contributed by atoms with E-state index in [1.165, 1.54) is 37.7 Å². The summed E-state index contributed by atoms with van der Waals surface area (Å²) in [6, 6.07) is 2.87. The van der Waals surface area contributed by atoms with Gasteiger partial charge >= 0.3 is 0 Å². The molecule has 2 aromatic rings. The van der Waals surface area contributed by atoms with E-state index in [0.29, 0.717) is 0 Å². The standard InChI is InChI=1S/C17H23N5/c1-20-6-5-15-16(20)18-11-19-17(15)22-9-14(10-22)21-7-12-3-2-4-13(12)8-21/h5-6,11-14H,2-4,7-10H2,1H3. The molecule has 1 saturated carbocycles. The molecule has 4 heterocycles. The fourth-order valence-corrected chi connectivity index (χ4v) is 4.75. The summed E-state index contributed by atoms with van der Waals surface area (Å²) >= 11 is 0. The van der Waals surface area contributed by atoms with E-state index < -0.39 is 0 Å². The molecule has 2 aromatic heterocycles. The Morgan fingerprint density at radius 1 is 1.05 bits per heavy atom. The maximum atomic E-state index is 4.54. The number of anilines is 1. The van der Waals surface area contributed by atoms with Gasteiger partial charge in [-0.05, 0) is 30.7 Å². The van der Waals surface area contributed by atoms with Crippen LogP contribution in [0, 0.1) is 11.8 Å². The Hall–Kier alpha value is -1.62. The van der Waals surface area contributed by atoms with Crippen molar-refractivity contribution in [2.75, 3.05) is 31.1 Å². The molecule has 0 bridgehead atoms. The van der Waals surface area contributed by atoms with E-state index in [0.717, 1.165) is 42.4 Å². The monoisotopic (exact) mass is 297 g/mol. The molecule has 2 unspecified atom stereocenters. The summed E-state index contributed by atoms with van der Waals surface area (Å²) in [5.41, 5.74) is 1.03. The highest BCUT2D eigenvalue weighted by atomic mass is 15.3. The topological polar surface area (TPSA) is 37.2 Å². The first-order valence-electron chi connectivity index (χ1n) is 8.54. The highest BCUT2D eigenvalue weighted by Crippen LogP contribution is 2.40. The van der Waals surface area contributed by atoms with Crippen molar-refractivity contribution in [2.24, 2.45) is 18.9 Å². The summed E-state index contributed by atoms with van der Waals surface area (Å²) in [4.78, 5) is 14.1. The lowest BCUT2D eigenvalue weighted by Gasteiger charge is -2.45. The van der Waals surface area contributed by atoms with Gasteiger partial charge in [-0.2, -0.15) is 0 Å². The van der Waals surface area contributed by atoms with Gasteiger partial charge < -0.3 is 9.47 Å². The molecular weight excluding hydrogens is 274 g/mol. The van der Waals surface area contributed by atoms with Crippen LogP contribution < -0.4 is 4.90 Å². The predicted molar refractivity (Wildman–Crippen MR) is 86.9 cm³/mol. The minimum Gasteiger partial charge on any atom is -0.353 e. The van der Waals surface area contributed by atoms with Crippen LogP contribution in [0.3, 0.4) is 0 Å². The van der Waals surface area contributed by atoms with Gasteiger partial charge in [0.25, 0.3) is 0 Å². The quantitative estimate of drug-likeness (QED) is 0.848. The molecule has 0 spiro atoms. The van der Waals surface area contributed by atoms with E-state index in [4.69, 9.17) is 0 Å². The number of aromatic nitrogens is 3. The highest BCUT2D eigenvalue weighted by molar-refractivity contribution is 5.88. The summed E-state index contributed by atoms with van der Waals surface area (Å²) in [6.07, 6.45) is 8.17. The SMILES string of the molecule is Cn1ccc2c(N3CC(N4CC5CCCC5C4)C3)ncnc21. The van der Waals surface area contributed by atoms with E-state index in [9.17, 15) is 0 Å². The van der Waals surface area contributed by atoms with Crippen LogP contribution in [-0.2, 0) is 7.05 Å². The van der Waals surface area contributed by atoms with E-state index in [-0.39, 0.29) is 0 Å². The Morgan fingerprint density at radius 2 is 1.82 bits per heavy atom. The van der Waals surface area contributed by atoms with Crippen LogP contribution in [0.15, 0.2) is 18.6 Å². The van der Waals surface area contributed by atoms with Gasteiger partial charge in [0.05, 0.1) is 5.39 Å². The van der Waals surface area contributed by atoms with Crippen molar-refractivity contribution in [3.63, 3.8) is 0 Å². The lowest BCUT2D eigenvalue weighted by Crippen LogP contribution is -2.59. The Morgan fingerprint density at radius 3 is 2.59 bits per heavy atom. The van der Waals surface area contributed by atoms with Crippen LogP contribution in [0.25, 0.3) is 11.0 Å². The molecule has 2 saturated heterocycles. The first-order chi connectivity index (χ1) is 10.8. The molecule has 0 radical (unpaired) electrons. The van der Waals surface area contributed by atoms with Gasteiger partial charge in [0.2, 0.25) is 0 Å². The lowest BCUT2D eigenvalue weighted by molar-refractivity contribution is 0.190. The van der Waals surface area contributed by atoms with E-state index in [1.807, 2.05) is 7.05 Å². The predicted octanol–water partition coefficient (Wildman–Crippen LogP) is 1.89. The van der Waals surface area contributed by atoms with Gasteiger partial charge in [0, 0.05) is 45.5 Å². The van der Waals surface area contributed by atoms with Gasteiger partial charge in [0.15, 0.2) is 0 Å². The molecule has 1 aliphatic carbocycles. The van der Waals surface area contributed by atoms with Crippen LogP contribution >= 0.6 is 0 Å². The van der Waals surface area contributed by atoms with Crippen LogP contribution in [0.4, 0.5) is 5.82 Å². The fourth-order valence-electron chi connectivity index (χ4n) is 4.75. The zero-order valence-corrected chi connectivity index (χ0v) is 13.1. The molecular formula is C17H23N5. The second-order valence-corrected chi connectivity index (χ2v) is 7.32. The van der Waals surface area contributed by atoms with Crippen molar-refractivity contribution >= 4 is 16.9 Å². The smallest absolute Gasteiger partial charge is 0.145 e. The third kappa shape index (κ3) is 1.81. The van der Waals surface area contributed by atoms with Gasteiger partial charge in [-0.15, -0.1) is 0 Å². The number of fused-ring (bicyclic) bond motifs is 2. The summed E-state index contributed by atoms with van der Waals surface area (Å²) < 4.78 is 2.07. The molecule has 5 rings (SSSR count). The summed E-state index contributed by atoms with van der Waals surface area (Å²) in [6.45, 7) is 4.93. The minimum absolute atomic E-state index is 0.735. The average molecular weight is 297 g/mol. The van der Waals surface area contributed by atoms with Gasteiger partial charge in [0.1, 0.15) is 17.8 Å². The van der Waals surface area contributed by atoms with Crippen molar-refractivity contribution in [3.8, 4) is 0 Å². The molecule has 22 heavy (non-hydrogen) atoms. The zero-order chi connectivity index (χ0) is 14.7. The van der Waals surface area contributed by atoms with Gasteiger partial charge in [-0.3, -0.25) is 4.90 Å². The number of aryl methyl sites for hydroxylation is 1. The normalized spacial score (nSPS) is 29.2. The number of hydrogen-bond donors (Lipinski definition) is 0. The minimum atomic E-state index is 0.735. The molecule has 3 aliphatic rings. The number of hydrogen-bond acceptors (Lipinski definition) is 4.